The van der Waals surface area contributed by atoms with E-state index in [1.165, 1.54) is 17.7 Å². The molecule has 1 aliphatic carbocycles. The summed E-state index contributed by atoms with van der Waals surface area (Å²) in [5.74, 6) is 0.403. The van der Waals surface area contributed by atoms with E-state index in [0.717, 1.165) is 35.7 Å². The summed E-state index contributed by atoms with van der Waals surface area (Å²) < 4.78 is 6.49. The number of benzene rings is 1. The highest BCUT2D eigenvalue weighted by Gasteiger charge is 2.38. The quantitative estimate of drug-likeness (QED) is 0.432. The Balaban J connectivity index is 1.81. The molecule has 1 aromatic carbocycles. The molecule has 1 fully saturated rings. The van der Waals surface area contributed by atoms with Gasteiger partial charge < -0.3 is 9.33 Å². The molecular formula is C24H35N3OSSi. The third kappa shape index (κ3) is 5.13. The van der Waals surface area contributed by atoms with Gasteiger partial charge in [-0.2, -0.15) is 5.26 Å². The molecule has 0 amide bonds. The van der Waals surface area contributed by atoms with E-state index in [4.69, 9.17) is 4.43 Å². The minimum absolute atomic E-state index is 0.220. The number of thiazole rings is 1. The van der Waals surface area contributed by atoms with Crippen LogP contribution in [0.1, 0.15) is 51.8 Å². The molecule has 0 spiro atoms. The average molecular weight is 442 g/mol. The molecule has 2 aromatic rings. The van der Waals surface area contributed by atoms with Gasteiger partial charge in [0.25, 0.3) is 0 Å². The van der Waals surface area contributed by atoms with Gasteiger partial charge in [-0.25, -0.2) is 4.98 Å². The van der Waals surface area contributed by atoms with E-state index in [9.17, 15) is 5.26 Å². The van der Waals surface area contributed by atoms with Crippen LogP contribution in [0.4, 0.5) is 5.69 Å². The standard InChI is InChI=1S/C24H35N3OSSi/c1-17(15-28-30(6,7)24(3,4)5)14-27(21-10-11-21)22-12-19(8-9-20(22)13-25)23-18(2)26-16-29-23/h8-9,12,16-17,21H,10-11,14-15H2,1-7H3. The van der Waals surface area contributed by atoms with Crippen molar-refractivity contribution >= 4 is 25.3 Å². The second kappa shape index (κ2) is 8.82. The van der Waals surface area contributed by atoms with Crippen LogP contribution >= 0.6 is 11.3 Å². The molecule has 1 heterocycles. The van der Waals surface area contributed by atoms with E-state index in [0.29, 0.717) is 12.0 Å². The number of nitrogens with zero attached hydrogens (tertiary/aromatic N) is 3. The number of anilines is 1. The Hall–Kier alpha value is -1.68. The molecule has 1 saturated carbocycles. The van der Waals surface area contributed by atoms with E-state index in [2.05, 4.69) is 68.9 Å². The van der Waals surface area contributed by atoms with Crippen molar-refractivity contribution in [3.05, 3.63) is 35.0 Å². The van der Waals surface area contributed by atoms with Crippen LogP contribution in [0.25, 0.3) is 10.4 Å². The topological polar surface area (TPSA) is 49.2 Å². The zero-order chi connectivity index (χ0) is 22.1. The van der Waals surface area contributed by atoms with Gasteiger partial charge in [-0.1, -0.05) is 33.8 Å². The van der Waals surface area contributed by atoms with Crippen molar-refractivity contribution in [2.75, 3.05) is 18.1 Å². The molecule has 1 aromatic heterocycles. The van der Waals surface area contributed by atoms with Crippen molar-refractivity contribution in [1.29, 1.82) is 5.26 Å². The van der Waals surface area contributed by atoms with Crippen molar-refractivity contribution in [2.24, 2.45) is 5.92 Å². The lowest BCUT2D eigenvalue weighted by Crippen LogP contribution is -2.43. The average Bonchev–Trinajstić information content (AvgIpc) is 3.43. The fourth-order valence-electron chi connectivity index (χ4n) is 3.37. The maximum Gasteiger partial charge on any atom is 0.191 e. The molecule has 30 heavy (non-hydrogen) atoms. The minimum atomic E-state index is -1.76. The number of rotatable bonds is 8. The SMILES string of the molecule is Cc1ncsc1-c1ccc(C#N)c(N(CC(C)CO[Si](C)(C)C(C)(C)C)C2CC2)c1. The number of nitriles is 1. The maximum absolute atomic E-state index is 9.77. The molecule has 1 unspecified atom stereocenters. The summed E-state index contributed by atoms with van der Waals surface area (Å²) in [6, 6.07) is 9.16. The first kappa shape index (κ1) is 23.0. The zero-order valence-electron chi connectivity index (χ0n) is 19.5. The number of hydrogen-bond acceptors (Lipinski definition) is 5. The molecule has 6 heteroatoms. The van der Waals surface area contributed by atoms with Crippen molar-refractivity contribution in [1.82, 2.24) is 4.98 Å². The smallest absolute Gasteiger partial charge is 0.191 e. The zero-order valence-corrected chi connectivity index (χ0v) is 21.3. The molecule has 1 aliphatic rings. The summed E-state index contributed by atoms with van der Waals surface area (Å²) in [6.07, 6.45) is 2.40. The van der Waals surface area contributed by atoms with Crippen LogP contribution < -0.4 is 4.90 Å². The van der Waals surface area contributed by atoms with E-state index in [-0.39, 0.29) is 5.04 Å². The van der Waals surface area contributed by atoms with Crippen LogP contribution in [0, 0.1) is 24.2 Å². The van der Waals surface area contributed by atoms with Gasteiger partial charge in [0.15, 0.2) is 8.32 Å². The first-order chi connectivity index (χ1) is 14.0. The summed E-state index contributed by atoms with van der Waals surface area (Å²) in [7, 11) is -1.76. The second-order valence-corrected chi connectivity index (χ2v) is 15.8. The fourth-order valence-corrected chi connectivity index (χ4v) is 5.31. The predicted octanol–water partition coefficient (Wildman–Crippen LogP) is 6.62. The monoisotopic (exact) mass is 441 g/mol. The minimum Gasteiger partial charge on any atom is -0.416 e. The fraction of sp³-hybridized carbons (Fsp3) is 0.583. The van der Waals surface area contributed by atoms with Gasteiger partial charge in [-0.15, -0.1) is 11.3 Å². The molecule has 3 rings (SSSR count). The van der Waals surface area contributed by atoms with E-state index < -0.39 is 8.32 Å². The lowest BCUT2D eigenvalue weighted by atomic mass is 10.0. The third-order valence-electron chi connectivity index (χ3n) is 6.47. The summed E-state index contributed by atoms with van der Waals surface area (Å²) in [6.45, 7) is 17.5. The molecule has 0 bridgehead atoms. The summed E-state index contributed by atoms with van der Waals surface area (Å²) >= 11 is 1.66. The lowest BCUT2D eigenvalue weighted by molar-refractivity contribution is 0.239. The highest BCUT2D eigenvalue weighted by Crippen LogP contribution is 2.39. The van der Waals surface area contributed by atoms with Crippen LogP contribution in [0.2, 0.25) is 18.1 Å². The van der Waals surface area contributed by atoms with Gasteiger partial charge in [0, 0.05) is 19.2 Å². The highest BCUT2D eigenvalue weighted by atomic mass is 32.1. The van der Waals surface area contributed by atoms with Crippen LogP contribution in [0.5, 0.6) is 0 Å². The Bertz CT molecular complexity index is 921. The molecule has 1 atom stereocenters. The number of hydrogen-bond donors (Lipinski definition) is 0. The highest BCUT2D eigenvalue weighted by molar-refractivity contribution is 7.13. The first-order valence-corrected chi connectivity index (χ1v) is 14.7. The van der Waals surface area contributed by atoms with E-state index >= 15 is 0 Å². The summed E-state index contributed by atoms with van der Waals surface area (Å²) in [5, 5.41) is 9.99. The van der Waals surface area contributed by atoms with Crippen LogP contribution in [0.3, 0.4) is 0 Å². The Kier molecular flexibility index (Phi) is 6.76. The van der Waals surface area contributed by atoms with Gasteiger partial charge in [-0.05, 0) is 61.5 Å². The van der Waals surface area contributed by atoms with Gasteiger partial charge in [0.1, 0.15) is 6.07 Å². The largest absolute Gasteiger partial charge is 0.416 e. The summed E-state index contributed by atoms with van der Waals surface area (Å²) in [5.41, 5.74) is 5.90. The Labute approximate surface area is 187 Å². The molecule has 0 aliphatic heterocycles. The first-order valence-electron chi connectivity index (χ1n) is 10.9. The Morgan fingerprint density at radius 1 is 1.33 bits per heavy atom. The van der Waals surface area contributed by atoms with E-state index in [1.807, 2.05) is 18.5 Å². The normalized spacial score (nSPS) is 15.7. The molecule has 162 valence electrons. The maximum atomic E-state index is 9.77. The molecule has 0 radical (unpaired) electrons. The predicted molar refractivity (Wildman–Crippen MR) is 130 cm³/mol. The van der Waals surface area contributed by atoms with Crippen LogP contribution in [-0.2, 0) is 4.43 Å². The number of aryl methyl sites for hydroxylation is 1. The van der Waals surface area contributed by atoms with Crippen molar-refractivity contribution in [2.45, 2.75) is 71.6 Å². The summed E-state index contributed by atoms with van der Waals surface area (Å²) in [4.78, 5) is 8.04. The number of aromatic nitrogens is 1. The van der Waals surface area contributed by atoms with Gasteiger partial charge >= 0.3 is 0 Å². The molecule has 4 nitrogen and oxygen atoms in total. The van der Waals surface area contributed by atoms with Crippen LogP contribution in [0.15, 0.2) is 23.7 Å². The molecule has 0 saturated heterocycles. The van der Waals surface area contributed by atoms with Gasteiger partial charge in [0.2, 0.25) is 0 Å². The van der Waals surface area contributed by atoms with E-state index in [1.54, 1.807) is 11.3 Å². The lowest BCUT2D eigenvalue weighted by Gasteiger charge is -2.37. The Morgan fingerprint density at radius 2 is 2.03 bits per heavy atom. The van der Waals surface area contributed by atoms with Crippen molar-refractivity contribution in [3.63, 3.8) is 0 Å². The third-order valence-corrected chi connectivity index (χ3v) is 11.9. The Morgan fingerprint density at radius 3 is 2.57 bits per heavy atom. The van der Waals surface area contributed by atoms with Crippen molar-refractivity contribution in [3.8, 4) is 16.5 Å². The van der Waals surface area contributed by atoms with Crippen molar-refractivity contribution < 1.29 is 4.43 Å². The molecule has 0 N–H and O–H groups in total. The van der Waals surface area contributed by atoms with Gasteiger partial charge in [-0.3, -0.25) is 0 Å². The van der Waals surface area contributed by atoms with Gasteiger partial charge in [0.05, 0.1) is 27.3 Å². The van der Waals surface area contributed by atoms with Crippen LogP contribution in [-0.4, -0.2) is 32.5 Å². The second-order valence-electron chi connectivity index (χ2n) is 10.2. The molecular weight excluding hydrogens is 406 g/mol.